The molecular weight excluding hydrogens is 382 g/mol. The van der Waals surface area contributed by atoms with Crippen molar-refractivity contribution in [2.24, 2.45) is 5.10 Å². The van der Waals surface area contributed by atoms with Gasteiger partial charge >= 0.3 is 16.1 Å². The topological polar surface area (TPSA) is 109 Å². The fourth-order valence-corrected chi connectivity index (χ4v) is 3.47. The van der Waals surface area contributed by atoms with Gasteiger partial charge in [-0.2, -0.15) is 8.42 Å². The van der Waals surface area contributed by atoms with Gasteiger partial charge in [-0.3, -0.25) is 0 Å². The Bertz CT molecular complexity index is 976. The summed E-state index contributed by atoms with van der Waals surface area (Å²) in [5.41, 5.74) is 0.893. The molecule has 0 saturated heterocycles. The van der Waals surface area contributed by atoms with E-state index in [2.05, 4.69) is 10.1 Å². The number of rotatable bonds is 4. The first kappa shape index (κ1) is 18.2. The van der Waals surface area contributed by atoms with E-state index in [1.54, 1.807) is 18.2 Å². The summed E-state index contributed by atoms with van der Waals surface area (Å²) in [5, 5.41) is 14.6. The maximum Gasteiger partial charge on any atom is 0.340 e. The average molecular weight is 396 g/mol. The van der Waals surface area contributed by atoms with E-state index in [0.717, 1.165) is 10.6 Å². The Morgan fingerprint density at radius 3 is 2.62 bits per heavy atom. The van der Waals surface area contributed by atoms with Crippen LogP contribution >= 0.6 is 11.6 Å². The lowest BCUT2D eigenvalue weighted by atomic mass is 10.2. The summed E-state index contributed by atoms with van der Waals surface area (Å²) in [6.45, 7) is 1.82. The fraction of sp³-hybridized carbons (Fsp3) is 0.188. The van der Waals surface area contributed by atoms with E-state index in [9.17, 15) is 18.3 Å². The third-order valence-electron chi connectivity index (χ3n) is 3.64. The highest BCUT2D eigenvalue weighted by molar-refractivity contribution is 7.87. The Hall–Kier alpha value is -2.65. The van der Waals surface area contributed by atoms with E-state index in [1.807, 2.05) is 6.92 Å². The first-order valence-electron chi connectivity index (χ1n) is 7.49. The van der Waals surface area contributed by atoms with Crippen molar-refractivity contribution < 1.29 is 22.5 Å². The Labute approximate surface area is 154 Å². The number of nitrogens with zero attached hydrogens (tertiary/aromatic N) is 3. The van der Waals surface area contributed by atoms with Crippen molar-refractivity contribution in [2.75, 3.05) is 5.01 Å². The van der Waals surface area contributed by atoms with Gasteiger partial charge in [0, 0.05) is 6.20 Å². The van der Waals surface area contributed by atoms with Gasteiger partial charge in [-0.1, -0.05) is 29.3 Å². The van der Waals surface area contributed by atoms with Crippen molar-refractivity contribution in [2.45, 2.75) is 24.3 Å². The number of aryl methyl sites for hydroxylation is 1. The van der Waals surface area contributed by atoms with E-state index in [0.29, 0.717) is 0 Å². The zero-order chi connectivity index (χ0) is 18.9. The van der Waals surface area contributed by atoms with Gasteiger partial charge in [0.05, 0.1) is 11.4 Å². The zero-order valence-corrected chi connectivity index (χ0v) is 15.1. The van der Waals surface area contributed by atoms with Gasteiger partial charge in [0.15, 0.2) is 11.9 Å². The van der Waals surface area contributed by atoms with Crippen LogP contribution in [0, 0.1) is 6.92 Å². The summed E-state index contributed by atoms with van der Waals surface area (Å²) in [4.78, 5) is 15.5. The number of aromatic nitrogens is 1. The molecular formula is C16H14ClN3O5S. The molecule has 1 unspecified atom stereocenters. The van der Waals surface area contributed by atoms with Crippen molar-refractivity contribution in [3.05, 3.63) is 53.2 Å². The van der Waals surface area contributed by atoms with Crippen LogP contribution in [0.2, 0.25) is 5.02 Å². The molecule has 26 heavy (non-hydrogen) atoms. The van der Waals surface area contributed by atoms with Crippen LogP contribution in [0.1, 0.15) is 12.0 Å². The third-order valence-corrected chi connectivity index (χ3v) is 5.20. The molecule has 1 aliphatic rings. The maximum absolute atomic E-state index is 12.4. The molecule has 1 aromatic heterocycles. The Morgan fingerprint density at radius 1 is 1.31 bits per heavy atom. The molecule has 0 fully saturated rings. The molecule has 2 aromatic rings. The number of aliphatic carboxylic acids is 1. The molecule has 1 N–H and O–H groups in total. The Morgan fingerprint density at radius 2 is 2.00 bits per heavy atom. The van der Waals surface area contributed by atoms with Gasteiger partial charge in [-0.05, 0) is 31.2 Å². The normalized spacial score (nSPS) is 17.1. The highest BCUT2D eigenvalue weighted by Gasteiger charge is 2.38. The number of hydrazone groups is 1. The van der Waals surface area contributed by atoms with E-state index in [-0.39, 0.29) is 28.1 Å². The predicted molar refractivity (Wildman–Crippen MR) is 94.7 cm³/mol. The van der Waals surface area contributed by atoms with Crippen molar-refractivity contribution in [1.82, 2.24) is 4.98 Å². The molecule has 136 valence electrons. The van der Waals surface area contributed by atoms with Gasteiger partial charge in [0.25, 0.3) is 0 Å². The Kier molecular flexibility index (Phi) is 4.84. The lowest BCUT2D eigenvalue weighted by Gasteiger charge is -2.18. The van der Waals surface area contributed by atoms with Gasteiger partial charge in [-0.25, -0.2) is 14.8 Å². The predicted octanol–water partition coefficient (Wildman–Crippen LogP) is 2.43. The number of carbonyl (C=O) groups is 1. The third kappa shape index (κ3) is 3.63. The SMILES string of the molecule is Cc1ccc(S(=O)(=O)OC2=NN(c3ncccc3Cl)C(C(=O)O)C2)cc1. The standard InChI is InChI=1S/C16H14ClN3O5S/c1-10-4-6-11(7-5-10)26(23,24)25-14-9-13(16(21)22)20(19-14)15-12(17)3-2-8-18-15/h2-8,13H,9H2,1H3,(H,21,22). The molecule has 0 amide bonds. The van der Waals surface area contributed by atoms with E-state index < -0.39 is 22.1 Å². The largest absolute Gasteiger partial charge is 0.480 e. The summed E-state index contributed by atoms with van der Waals surface area (Å²) in [6, 6.07) is 8.01. The summed E-state index contributed by atoms with van der Waals surface area (Å²) in [7, 11) is -4.13. The highest BCUT2D eigenvalue weighted by atomic mass is 35.5. The number of anilines is 1. The number of hydrogen-bond acceptors (Lipinski definition) is 7. The van der Waals surface area contributed by atoms with Crippen molar-refractivity contribution >= 4 is 39.4 Å². The van der Waals surface area contributed by atoms with Crippen LogP contribution in [0.3, 0.4) is 0 Å². The molecule has 8 nitrogen and oxygen atoms in total. The summed E-state index contributed by atoms with van der Waals surface area (Å²) < 4.78 is 29.8. The van der Waals surface area contributed by atoms with Gasteiger partial charge < -0.3 is 9.29 Å². The molecule has 3 rings (SSSR count). The van der Waals surface area contributed by atoms with Crippen LogP contribution in [-0.2, 0) is 19.1 Å². The molecule has 0 saturated carbocycles. The number of benzene rings is 1. The molecule has 1 aromatic carbocycles. The van der Waals surface area contributed by atoms with Crippen LogP contribution in [0.25, 0.3) is 0 Å². The number of pyridine rings is 1. The minimum atomic E-state index is -4.13. The van der Waals surface area contributed by atoms with Crippen LogP contribution < -0.4 is 5.01 Å². The van der Waals surface area contributed by atoms with Gasteiger partial charge in [0.2, 0.25) is 5.90 Å². The van der Waals surface area contributed by atoms with Gasteiger partial charge in [0.1, 0.15) is 4.90 Å². The highest BCUT2D eigenvalue weighted by Crippen LogP contribution is 2.30. The molecule has 1 aliphatic heterocycles. The first-order valence-corrected chi connectivity index (χ1v) is 9.28. The zero-order valence-electron chi connectivity index (χ0n) is 13.5. The summed E-state index contributed by atoms with van der Waals surface area (Å²) in [5.74, 6) is -1.35. The fourth-order valence-electron chi connectivity index (χ4n) is 2.35. The first-order chi connectivity index (χ1) is 12.3. The number of hydrogen-bond donors (Lipinski definition) is 1. The second-order valence-electron chi connectivity index (χ2n) is 5.56. The minimum absolute atomic E-state index is 0.0491. The number of carboxylic acid groups (broad SMARTS) is 1. The van der Waals surface area contributed by atoms with E-state index in [4.69, 9.17) is 15.8 Å². The van der Waals surface area contributed by atoms with Crippen molar-refractivity contribution in [3.8, 4) is 0 Å². The monoisotopic (exact) mass is 395 g/mol. The molecule has 1 atom stereocenters. The quantitative estimate of drug-likeness (QED) is 0.791. The van der Waals surface area contributed by atoms with E-state index in [1.165, 1.54) is 24.4 Å². The summed E-state index contributed by atoms with van der Waals surface area (Å²) >= 11 is 6.04. The van der Waals surface area contributed by atoms with Crippen molar-refractivity contribution in [3.63, 3.8) is 0 Å². The molecule has 0 spiro atoms. The Balaban J connectivity index is 1.91. The molecule has 0 aliphatic carbocycles. The second-order valence-corrected chi connectivity index (χ2v) is 7.51. The molecule has 0 bridgehead atoms. The van der Waals surface area contributed by atoms with E-state index >= 15 is 0 Å². The van der Waals surface area contributed by atoms with Gasteiger partial charge in [-0.15, -0.1) is 5.10 Å². The van der Waals surface area contributed by atoms with Crippen molar-refractivity contribution in [1.29, 1.82) is 0 Å². The molecule has 0 radical (unpaired) electrons. The molecule has 10 heteroatoms. The minimum Gasteiger partial charge on any atom is -0.480 e. The van der Waals surface area contributed by atoms with Crippen LogP contribution in [-0.4, -0.2) is 36.4 Å². The molecule has 2 heterocycles. The van der Waals surface area contributed by atoms with Crippen LogP contribution in [0.4, 0.5) is 5.82 Å². The number of carboxylic acids is 1. The second kappa shape index (κ2) is 6.93. The average Bonchev–Trinajstić information content (AvgIpc) is 2.99. The lowest BCUT2D eigenvalue weighted by molar-refractivity contribution is -0.138. The van der Waals surface area contributed by atoms with Crippen LogP contribution in [0.5, 0.6) is 0 Å². The summed E-state index contributed by atoms with van der Waals surface area (Å²) in [6.07, 6.45) is 1.19. The van der Waals surface area contributed by atoms with Crippen LogP contribution in [0.15, 0.2) is 52.6 Å². The lowest BCUT2D eigenvalue weighted by Crippen LogP contribution is -2.35. The number of halogens is 1. The maximum atomic E-state index is 12.4. The smallest absolute Gasteiger partial charge is 0.340 e.